The van der Waals surface area contributed by atoms with E-state index in [0.29, 0.717) is 12.6 Å². The highest BCUT2D eigenvalue weighted by Gasteiger charge is 2.31. The van der Waals surface area contributed by atoms with E-state index in [1.165, 1.54) is 0 Å². The van der Waals surface area contributed by atoms with E-state index in [9.17, 15) is 4.79 Å². The molecule has 0 saturated carbocycles. The van der Waals surface area contributed by atoms with E-state index in [4.69, 9.17) is 9.47 Å². The maximum Gasteiger partial charge on any atom is 0.317 e. The van der Waals surface area contributed by atoms with Gasteiger partial charge in [-0.25, -0.2) is 4.79 Å². The second kappa shape index (κ2) is 7.08. The molecule has 2 bridgehead atoms. The van der Waals surface area contributed by atoms with E-state index in [1.54, 1.807) is 14.2 Å². The van der Waals surface area contributed by atoms with E-state index < -0.39 is 0 Å². The summed E-state index contributed by atoms with van der Waals surface area (Å²) in [6.07, 6.45) is 2.17. The Labute approximate surface area is 137 Å². The number of carbonyl (C=O) groups excluding carboxylic acids is 1. The number of methoxy groups -OCH3 is 2. The molecule has 2 amide bonds. The topological polar surface area (TPSA) is 54.0 Å². The third-order valence-corrected chi connectivity index (χ3v) is 4.84. The van der Waals surface area contributed by atoms with Crippen LogP contribution in [-0.4, -0.2) is 62.3 Å². The van der Waals surface area contributed by atoms with Crippen molar-refractivity contribution >= 4 is 6.03 Å². The lowest BCUT2D eigenvalue weighted by atomic mass is 10.1. The molecule has 0 atom stereocenters. The molecule has 3 aliphatic rings. The summed E-state index contributed by atoms with van der Waals surface area (Å²) in [6.45, 7) is 4.48. The van der Waals surface area contributed by atoms with Crippen LogP contribution in [0, 0.1) is 0 Å². The Morgan fingerprint density at radius 1 is 1.17 bits per heavy atom. The maximum absolute atomic E-state index is 12.6. The number of fused-ring (bicyclic) bond motifs is 4. The predicted molar refractivity (Wildman–Crippen MR) is 87.9 cm³/mol. The number of ether oxygens (including phenoxy) is 2. The summed E-state index contributed by atoms with van der Waals surface area (Å²) >= 11 is 0. The molecule has 6 heteroatoms. The molecule has 126 valence electrons. The van der Waals surface area contributed by atoms with Crippen LogP contribution in [0.5, 0.6) is 11.5 Å². The molecule has 0 radical (unpaired) electrons. The second-order valence-corrected chi connectivity index (χ2v) is 6.10. The van der Waals surface area contributed by atoms with Crippen molar-refractivity contribution in [3.05, 3.63) is 23.8 Å². The molecule has 1 aromatic rings. The van der Waals surface area contributed by atoms with Crippen molar-refractivity contribution in [2.75, 3.05) is 40.4 Å². The van der Waals surface area contributed by atoms with Crippen LogP contribution >= 0.6 is 0 Å². The number of urea groups is 1. The van der Waals surface area contributed by atoms with Crippen LogP contribution in [0.25, 0.3) is 0 Å². The van der Waals surface area contributed by atoms with Gasteiger partial charge in [-0.1, -0.05) is 0 Å². The molecular weight excluding hydrogens is 294 g/mol. The Morgan fingerprint density at radius 3 is 2.65 bits per heavy atom. The fourth-order valence-corrected chi connectivity index (χ4v) is 3.42. The largest absolute Gasteiger partial charge is 0.497 e. The summed E-state index contributed by atoms with van der Waals surface area (Å²) in [5.74, 6) is 1.48. The van der Waals surface area contributed by atoms with Crippen LogP contribution < -0.4 is 14.8 Å². The number of benzene rings is 1. The van der Waals surface area contributed by atoms with Gasteiger partial charge in [0.2, 0.25) is 0 Å². The summed E-state index contributed by atoms with van der Waals surface area (Å²) in [5.41, 5.74) is 0.949. The molecule has 0 spiro atoms. The molecule has 0 unspecified atom stereocenters. The third-order valence-electron chi connectivity index (χ3n) is 4.84. The molecule has 0 aromatic heterocycles. The highest BCUT2D eigenvalue weighted by Crippen LogP contribution is 2.25. The van der Waals surface area contributed by atoms with Crippen LogP contribution in [0.2, 0.25) is 0 Å². The molecule has 1 N–H and O–H groups in total. The zero-order valence-electron chi connectivity index (χ0n) is 13.9. The third kappa shape index (κ3) is 3.52. The molecule has 3 fully saturated rings. The maximum atomic E-state index is 12.6. The Balaban J connectivity index is 1.62. The van der Waals surface area contributed by atoms with Crippen molar-refractivity contribution in [2.45, 2.75) is 25.4 Å². The average molecular weight is 319 g/mol. The first-order valence-electron chi connectivity index (χ1n) is 8.19. The Kier molecular flexibility index (Phi) is 4.91. The molecule has 23 heavy (non-hydrogen) atoms. The van der Waals surface area contributed by atoms with Crippen LogP contribution in [0.4, 0.5) is 4.79 Å². The van der Waals surface area contributed by atoms with Gasteiger partial charge in [-0.3, -0.25) is 0 Å². The van der Waals surface area contributed by atoms with Gasteiger partial charge < -0.3 is 24.6 Å². The van der Waals surface area contributed by atoms with Crippen LogP contribution in [0.3, 0.4) is 0 Å². The minimum atomic E-state index is 0.0246. The lowest BCUT2D eigenvalue weighted by Gasteiger charge is -2.31. The number of hydrogen-bond donors (Lipinski definition) is 1. The molecule has 0 aliphatic carbocycles. The van der Waals surface area contributed by atoms with Gasteiger partial charge in [-0.05, 0) is 25.0 Å². The van der Waals surface area contributed by atoms with Gasteiger partial charge in [0.05, 0.1) is 14.2 Å². The fourth-order valence-electron chi connectivity index (χ4n) is 3.42. The molecular formula is C17H25N3O3. The van der Waals surface area contributed by atoms with Gasteiger partial charge in [0.25, 0.3) is 0 Å². The highest BCUT2D eigenvalue weighted by molar-refractivity contribution is 5.74. The first-order chi connectivity index (χ1) is 11.2. The number of piperidine rings is 1. The van der Waals surface area contributed by atoms with Crippen molar-refractivity contribution < 1.29 is 14.3 Å². The molecule has 6 nitrogen and oxygen atoms in total. The number of nitrogens with zero attached hydrogens (tertiary/aromatic N) is 2. The summed E-state index contributed by atoms with van der Waals surface area (Å²) in [4.78, 5) is 17.0. The summed E-state index contributed by atoms with van der Waals surface area (Å²) < 4.78 is 10.6. The Morgan fingerprint density at radius 2 is 1.96 bits per heavy atom. The van der Waals surface area contributed by atoms with E-state index in [-0.39, 0.29) is 6.03 Å². The Hall–Kier alpha value is -1.95. The number of amides is 2. The highest BCUT2D eigenvalue weighted by atomic mass is 16.5. The number of rotatable bonds is 4. The van der Waals surface area contributed by atoms with E-state index >= 15 is 0 Å². The minimum absolute atomic E-state index is 0.0246. The lowest BCUT2D eigenvalue weighted by Crippen LogP contribution is -2.46. The zero-order valence-corrected chi connectivity index (χ0v) is 13.9. The van der Waals surface area contributed by atoms with Gasteiger partial charge in [-0.15, -0.1) is 0 Å². The first-order valence-corrected chi connectivity index (χ1v) is 8.19. The normalized spacial score (nSPS) is 23.3. The summed E-state index contributed by atoms with van der Waals surface area (Å²) in [5, 5.41) is 3.04. The minimum Gasteiger partial charge on any atom is -0.497 e. The summed E-state index contributed by atoms with van der Waals surface area (Å²) in [6, 6.07) is 6.05. The standard InChI is InChI=1S/C17H25N3O3/c1-22-15-4-3-13(16(11-15)23-2)12-18-17(21)20-10-9-19-7-5-14(20)6-8-19/h3-4,11,14H,5-10,12H2,1-2H3,(H,18,21). The van der Waals surface area contributed by atoms with Crippen molar-refractivity contribution in [3.8, 4) is 11.5 Å². The van der Waals surface area contributed by atoms with E-state index in [1.807, 2.05) is 23.1 Å². The van der Waals surface area contributed by atoms with Crippen LogP contribution in [0.1, 0.15) is 18.4 Å². The predicted octanol–water partition coefficient (Wildman–Crippen LogP) is 1.69. The first kappa shape index (κ1) is 15.9. The second-order valence-electron chi connectivity index (χ2n) is 6.10. The lowest BCUT2D eigenvalue weighted by molar-refractivity contribution is 0.170. The molecule has 3 aliphatic heterocycles. The quantitative estimate of drug-likeness (QED) is 0.918. The number of nitrogens with one attached hydrogen (secondary N) is 1. The van der Waals surface area contributed by atoms with Crippen molar-refractivity contribution in [3.63, 3.8) is 0 Å². The zero-order chi connectivity index (χ0) is 16.2. The van der Waals surface area contributed by atoms with Crippen molar-refractivity contribution in [1.29, 1.82) is 0 Å². The molecule has 4 rings (SSSR count). The smallest absolute Gasteiger partial charge is 0.317 e. The van der Waals surface area contributed by atoms with E-state index in [2.05, 4.69) is 10.2 Å². The van der Waals surface area contributed by atoms with Gasteiger partial charge in [-0.2, -0.15) is 0 Å². The van der Waals surface area contributed by atoms with E-state index in [0.717, 1.165) is 56.1 Å². The SMILES string of the molecule is COc1ccc(CNC(=O)N2CCN3CCC2CC3)c(OC)c1. The Bertz CT molecular complexity index is 556. The van der Waals surface area contributed by atoms with Crippen molar-refractivity contribution in [1.82, 2.24) is 15.1 Å². The van der Waals surface area contributed by atoms with Gasteiger partial charge >= 0.3 is 6.03 Å². The average Bonchev–Trinajstić information content (AvgIpc) is 2.93. The number of carbonyl (C=O) groups is 1. The van der Waals surface area contributed by atoms with Gasteiger partial charge in [0.1, 0.15) is 11.5 Å². The molecule has 3 saturated heterocycles. The van der Waals surface area contributed by atoms with Gasteiger partial charge in [0, 0.05) is 50.4 Å². The molecule has 1 aromatic carbocycles. The molecule has 3 heterocycles. The van der Waals surface area contributed by atoms with Crippen molar-refractivity contribution in [2.24, 2.45) is 0 Å². The number of hydrogen-bond acceptors (Lipinski definition) is 4. The monoisotopic (exact) mass is 319 g/mol. The summed E-state index contributed by atoms with van der Waals surface area (Å²) in [7, 11) is 3.25. The fraction of sp³-hybridized carbons (Fsp3) is 0.588. The van der Waals surface area contributed by atoms with Gasteiger partial charge in [0.15, 0.2) is 0 Å². The van der Waals surface area contributed by atoms with Crippen LogP contribution in [0.15, 0.2) is 18.2 Å². The van der Waals surface area contributed by atoms with Crippen LogP contribution in [-0.2, 0) is 6.54 Å².